The zero-order valence-electron chi connectivity index (χ0n) is 13.7. The van der Waals surface area contributed by atoms with Crippen molar-refractivity contribution in [1.29, 1.82) is 0 Å². The highest BCUT2D eigenvalue weighted by Crippen LogP contribution is 2.29. The zero-order chi connectivity index (χ0) is 15.9. The lowest BCUT2D eigenvalue weighted by molar-refractivity contribution is -0.125. The fourth-order valence-corrected chi connectivity index (χ4v) is 3.07. The average molecular weight is 310 g/mol. The van der Waals surface area contributed by atoms with Crippen molar-refractivity contribution in [3.8, 4) is 0 Å². The summed E-state index contributed by atoms with van der Waals surface area (Å²) in [6.07, 6.45) is 2.67. The van der Waals surface area contributed by atoms with Crippen LogP contribution in [0.1, 0.15) is 58.4 Å². The van der Waals surface area contributed by atoms with Gasteiger partial charge >= 0.3 is 0 Å². The molecular formula is C18H28ClNO. The lowest BCUT2D eigenvalue weighted by Crippen LogP contribution is -2.51. The maximum atomic E-state index is 12.9. The third kappa shape index (κ3) is 4.47. The monoisotopic (exact) mass is 309 g/mol. The van der Waals surface area contributed by atoms with Gasteiger partial charge in [-0.15, -0.1) is 11.6 Å². The van der Waals surface area contributed by atoms with Gasteiger partial charge in [-0.3, -0.25) is 4.79 Å². The van der Waals surface area contributed by atoms with Gasteiger partial charge in [-0.25, -0.2) is 0 Å². The molecule has 2 atom stereocenters. The molecule has 21 heavy (non-hydrogen) atoms. The lowest BCUT2D eigenvalue weighted by Gasteiger charge is -2.34. The van der Waals surface area contributed by atoms with Crippen LogP contribution in [-0.4, -0.2) is 17.3 Å². The second kappa shape index (κ2) is 8.43. The minimum atomic E-state index is -0.293. The van der Waals surface area contributed by atoms with Crippen LogP contribution in [0.25, 0.3) is 0 Å². The quantitative estimate of drug-likeness (QED) is 0.691. The maximum Gasteiger partial charge on any atom is 0.228 e. The summed E-state index contributed by atoms with van der Waals surface area (Å²) in [5, 5.41) is 3.22. The van der Waals surface area contributed by atoms with Gasteiger partial charge in [0.2, 0.25) is 5.91 Å². The summed E-state index contributed by atoms with van der Waals surface area (Å²) in [6.45, 7) is 8.42. The summed E-state index contributed by atoms with van der Waals surface area (Å²) in [7, 11) is 0. The fourth-order valence-electron chi connectivity index (χ4n) is 2.62. The molecule has 1 N–H and O–H groups in total. The number of benzene rings is 1. The lowest BCUT2D eigenvalue weighted by atomic mass is 9.83. The summed E-state index contributed by atoms with van der Waals surface area (Å²) < 4.78 is 0. The Morgan fingerprint density at radius 3 is 2.19 bits per heavy atom. The van der Waals surface area contributed by atoms with Gasteiger partial charge in [-0.1, -0.05) is 64.4 Å². The van der Waals surface area contributed by atoms with E-state index in [2.05, 4.69) is 33.0 Å². The van der Waals surface area contributed by atoms with Crippen molar-refractivity contribution in [3.63, 3.8) is 0 Å². The van der Waals surface area contributed by atoms with E-state index in [1.807, 2.05) is 30.3 Å². The normalized spacial score (nSPS) is 14.5. The van der Waals surface area contributed by atoms with Crippen molar-refractivity contribution < 1.29 is 4.79 Å². The smallest absolute Gasteiger partial charge is 0.228 e. The minimum absolute atomic E-state index is 0.0971. The largest absolute Gasteiger partial charge is 0.349 e. The second-order valence-electron chi connectivity index (χ2n) is 5.88. The van der Waals surface area contributed by atoms with Crippen LogP contribution in [0.2, 0.25) is 0 Å². The summed E-state index contributed by atoms with van der Waals surface area (Å²) >= 11 is 6.12. The van der Waals surface area contributed by atoms with E-state index in [0.29, 0.717) is 11.8 Å². The molecule has 1 aromatic carbocycles. The highest BCUT2D eigenvalue weighted by Gasteiger charge is 2.32. The van der Waals surface area contributed by atoms with Gasteiger partial charge < -0.3 is 5.32 Å². The topological polar surface area (TPSA) is 29.1 Å². The van der Waals surface area contributed by atoms with E-state index in [-0.39, 0.29) is 17.4 Å². The third-order valence-electron chi connectivity index (χ3n) is 4.65. The molecule has 0 saturated heterocycles. The molecule has 0 bridgehead atoms. The molecular weight excluding hydrogens is 282 g/mol. The number of carbonyl (C=O) groups excluding carboxylic acids is 1. The molecule has 118 valence electrons. The first kappa shape index (κ1) is 18.0. The number of carbonyl (C=O) groups is 1. The van der Waals surface area contributed by atoms with Gasteiger partial charge in [0, 0.05) is 5.88 Å². The molecule has 0 heterocycles. The zero-order valence-corrected chi connectivity index (χ0v) is 14.4. The first-order valence-corrected chi connectivity index (χ1v) is 8.49. The number of hydrogen-bond donors (Lipinski definition) is 1. The Labute approximate surface area is 134 Å². The van der Waals surface area contributed by atoms with Crippen molar-refractivity contribution in [2.24, 2.45) is 5.92 Å². The van der Waals surface area contributed by atoms with Crippen LogP contribution >= 0.6 is 11.6 Å². The Hall–Kier alpha value is -1.02. The molecule has 0 spiro atoms. The van der Waals surface area contributed by atoms with Gasteiger partial charge in [0.25, 0.3) is 0 Å². The van der Waals surface area contributed by atoms with Crippen molar-refractivity contribution in [2.75, 3.05) is 5.88 Å². The van der Waals surface area contributed by atoms with E-state index in [1.54, 1.807) is 0 Å². The minimum Gasteiger partial charge on any atom is -0.349 e. The van der Waals surface area contributed by atoms with Crippen LogP contribution < -0.4 is 5.32 Å². The molecule has 1 aromatic rings. The molecule has 0 radical (unpaired) electrons. The first-order chi connectivity index (χ1) is 10.0. The number of nitrogens with one attached hydrogen (secondary N) is 1. The summed E-state index contributed by atoms with van der Waals surface area (Å²) in [5.74, 6) is 0.735. The molecule has 0 fully saturated rings. The molecule has 0 saturated carbocycles. The van der Waals surface area contributed by atoms with Crippen LogP contribution in [0.4, 0.5) is 0 Å². The van der Waals surface area contributed by atoms with E-state index >= 15 is 0 Å². The maximum absolute atomic E-state index is 12.9. The van der Waals surface area contributed by atoms with Gasteiger partial charge in [0.15, 0.2) is 0 Å². The summed E-state index contributed by atoms with van der Waals surface area (Å²) in [5.41, 5.74) is 0.791. The molecule has 2 unspecified atom stereocenters. The van der Waals surface area contributed by atoms with Gasteiger partial charge in [0.1, 0.15) is 0 Å². The molecule has 0 aromatic heterocycles. The van der Waals surface area contributed by atoms with Gasteiger partial charge in [-0.05, 0) is 24.3 Å². The van der Waals surface area contributed by atoms with Crippen molar-refractivity contribution in [2.45, 2.75) is 58.4 Å². The first-order valence-electron chi connectivity index (χ1n) is 7.96. The average Bonchev–Trinajstić information content (AvgIpc) is 2.53. The summed E-state index contributed by atoms with van der Waals surface area (Å²) in [6, 6.07) is 10.0. The van der Waals surface area contributed by atoms with Crippen molar-refractivity contribution >= 4 is 17.5 Å². The Balaban J connectivity index is 3.02. The standard InChI is InChI=1S/C18H28ClNO/c1-5-14(4)16(15-11-9-8-10-12-15)17(21)20-18(6-2,7-3)13-19/h8-12,14,16H,5-7,13H2,1-4H3,(H,20,21). The van der Waals surface area contributed by atoms with E-state index in [9.17, 15) is 4.79 Å². The summed E-state index contributed by atoms with van der Waals surface area (Å²) in [4.78, 5) is 12.9. The van der Waals surface area contributed by atoms with Crippen LogP contribution in [0.5, 0.6) is 0 Å². The highest BCUT2D eigenvalue weighted by molar-refractivity contribution is 6.18. The van der Waals surface area contributed by atoms with Gasteiger partial charge in [-0.2, -0.15) is 0 Å². The molecule has 3 heteroatoms. The van der Waals surface area contributed by atoms with E-state index < -0.39 is 0 Å². The second-order valence-corrected chi connectivity index (χ2v) is 6.15. The van der Waals surface area contributed by atoms with Crippen molar-refractivity contribution in [1.82, 2.24) is 5.32 Å². The fraction of sp³-hybridized carbons (Fsp3) is 0.611. The number of hydrogen-bond acceptors (Lipinski definition) is 1. The Morgan fingerprint density at radius 1 is 1.19 bits per heavy atom. The number of alkyl halides is 1. The molecule has 2 nitrogen and oxygen atoms in total. The van der Waals surface area contributed by atoms with Gasteiger partial charge in [0.05, 0.1) is 11.5 Å². The van der Waals surface area contributed by atoms with Crippen LogP contribution in [0, 0.1) is 5.92 Å². The number of rotatable bonds is 8. The van der Waals surface area contributed by atoms with Crippen LogP contribution in [0.3, 0.4) is 0 Å². The number of amides is 1. The Morgan fingerprint density at radius 2 is 1.76 bits per heavy atom. The van der Waals surface area contributed by atoms with Crippen LogP contribution in [-0.2, 0) is 4.79 Å². The van der Waals surface area contributed by atoms with E-state index in [4.69, 9.17) is 11.6 Å². The number of halogens is 1. The predicted molar refractivity (Wildman–Crippen MR) is 90.8 cm³/mol. The highest BCUT2D eigenvalue weighted by atomic mass is 35.5. The molecule has 1 rings (SSSR count). The molecule has 0 aliphatic rings. The van der Waals surface area contributed by atoms with E-state index in [1.165, 1.54) is 0 Å². The Kier molecular flexibility index (Phi) is 7.24. The Bertz CT molecular complexity index is 420. The molecule has 0 aliphatic carbocycles. The van der Waals surface area contributed by atoms with Crippen LogP contribution in [0.15, 0.2) is 30.3 Å². The predicted octanol–water partition coefficient (Wildman–Crippen LogP) is 4.73. The molecule has 0 aliphatic heterocycles. The third-order valence-corrected chi connectivity index (χ3v) is 5.16. The van der Waals surface area contributed by atoms with Crippen molar-refractivity contribution in [3.05, 3.63) is 35.9 Å². The van der Waals surface area contributed by atoms with E-state index in [0.717, 1.165) is 24.8 Å². The molecule has 1 amide bonds. The SMILES string of the molecule is CCC(C)C(C(=O)NC(CC)(CC)CCl)c1ccccc1.